The van der Waals surface area contributed by atoms with Crippen molar-refractivity contribution in [1.82, 2.24) is 9.21 Å². The van der Waals surface area contributed by atoms with Gasteiger partial charge in [-0.15, -0.1) is 12.4 Å². The molecule has 0 unspecified atom stereocenters. The van der Waals surface area contributed by atoms with Crippen molar-refractivity contribution >= 4 is 34.0 Å². The normalized spacial score (nSPS) is 16.6. The number of furan rings is 1. The zero-order chi connectivity index (χ0) is 17.3. The minimum Gasteiger partial charge on any atom is -0.468 e. The number of hydrogen-bond acceptors (Lipinski definition) is 4. The molecule has 0 aliphatic carbocycles. The third kappa shape index (κ3) is 4.38. The highest BCUT2D eigenvalue weighted by atomic mass is 35.5. The predicted molar refractivity (Wildman–Crippen MR) is 101 cm³/mol. The van der Waals surface area contributed by atoms with Crippen LogP contribution in [0.3, 0.4) is 0 Å². The molecule has 1 aromatic carbocycles. The molecule has 5 nitrogen and oxygen atoms in total. The van der Waals surface area contributed by atoms with Crippen molar-refractivity contribution in [2.45, 2.75) is 25.3 Å². The van der Waals surface area contributed by atoms with Gasteiger partial charge in [-0.25, -0.2) is 8.42 Å². The van der Waals surface area contributed by atoms with E-state index in [2.05, 4.69) is 4.90 Å². The summed E-state index contributed by atoms with van der Waals surface area (Å²) in [6, 6.07) is 7.18. The standard InChI is InChI=1S/C17H21ClN2O3S.ClH/c1-13-11-17(14(2)10-16(13)18)24(21,22)20-7-5-19(6-8-20)12-15-4-3-9-23-15;/h3-4,9-11H,5-8,12H2,1-2H3;1H. The monoisotopic (exact) mass is 404 g/mol. The molecule has 2 heterocycles. The van der Waals surface area contributed by atoms with Gasteiger partial charge in [-0.1, -0.05) is 11.6 Å². The molecule has 0 atom stereocenters. The van der Waals surface area contributed by atoms with E-state index in [1.54, 1.807) is 29.6 Å². The second-order valence-electron chi connectivity index (χ2n) is 6.13. The first-order valence-corrected chi connectivity index (χ1v) is 9.71. The number of sulfonamides is 1. The molecular weight excluding hydrogens is 383 g/mol. The van der Waals surface area contributed by atoms with Crippen molar-refractivity contribution in [3.63, 3.8) is 0 Å². The van der Waals surface area contributed by atoms with Crippen LogP contribution in [0.15, 0.2) is 39.8 Å². The van der Waals surface area contributed by atoms with Crippen LogP contribution in [-0.2, 0) is 16.6 Å². The Morgan fingerprint density at radius 2 is 1.80 bits per heavy atom. The van der Waals surface area contributed by atoms with Gasteiger partial charge in [-0.05, 0) is 49.2 Å². The highest BCUT2D eigenvalue weighted by molar-refractivity contribution is 7.89. The molecule has 0 saturated carbocycles. The van der Waals surface area contributed by atoms with Crippen molar-refractivity contribution in [3.8, 4) is 0 Å². The van der Waals surface area contributed by atoms with E-state index < -0.39 is 10.0 Å². The van der Waals surface area contributed by atoms with Crippen LogP contribution in [0.5, 0.6) is 0 Å². The summed E-state index contributed by atoms with van der Waals surface area (Å²) in [4.78, 5) is 2.55. The highest BCUT2D eigenvalue weighted by Gasteiger charge is 2.30. The number of nitrogens with zero attached hydrogens (tertiary/aromatic N) is 2. The van der Waals surface area contributed by atoms with Crippen LogP contribution >= 0.6 is 24.0 Å². The van der Waals surface area contributed by atoms with Crippen LogP contribution < -0.4 is 0 Å². The van der Waals surface area contributed by atoms with Crippen LogP contribution in [0.25, 0.3) is 0 Å². The smallest absolute Gasteiger partial charge is 0.243 e. The molecular formula is C17H22Cl2N2O3S. The van der Waals surface area contributed by atoms with E-state index in [4.69, 9.17) is 16.0 Å². The van der Waals surface area contributed by atoms with Gasteiger partial charge < -0.3 is 4.42 Å². The molecule has 25 heavy (non-hydrogen) atoms. The van der Waals surface area contributed by atoms with Crippen LogP contribution in [0.2, 0.25) is 5.02 Å². The number of benzene rings is 1. The van der Waals surface area contributed by atoms with Crippen molar-refractivity contribution in [2.24, 2.45) is 0 Å². The molecule has 0 amide bonds. The Bertz CT molecular complexity index is 815. The van der Waals surface area contributed by atoms with E-state index in [1.165, 1.54) is 0 Å². The van der Waals surface area contributed by atoms with Gasteiger partial charge in [0, 0.05) is 31.2 Å². The molecule has 0 bridgehead atoms. The molecule has 1 fully saturated rings. The Balaban J connectivity index is 0.00000225. The maximum absolute atomic E-state index is 12.9. The SMILES string of the molecule is Cc1cc(S(=O)(=O)N2CCN(Cc3ccco3)CC2)c(C)cc1Cl.Cl. The molecule has 2 aromatic rings. The largest absolute Gasteiger partial charge is 0.468 e. The summed E-state index contributed by atoms with van der Waals surface area (Å²) < 4.78 is 32.8. The Hall–Kier alpha value is -1.05. The summed E-state index contributed by atoms with van der Waals surface area (Å²) in [6.07, 6.45) is 1.65. The van der Waals surface area contributed by atoms with Gasteiger partial charge in [0.15, 0.2) is 0 Å². The Kier molecular flexibility index (Phi) is 6.56. The maximum Gasteiger partial charge on any atom is 0.243 e. The van der Waals surface area contributed by atoms with Crippen molar-refractivity contribution in [1.29, 1.82) is 0 Å². The van der Waals surface area contributed by atoms with E-state index in [0.29, 0.717) is 48.2 Å². The second kappa shape index (κ2) is 8.10. The number of rotatable bonds is 4. The lowest BCUT2D eigenvalue weighted by atomic mass is 10.2. The van der Waals surface area contributed by atoms with E-state index in [0.717, 1.165) is 11.3 Å². The third-order valence-corrected chi connectivity index (χ3v) is 6.81. The predicted octanol–water partition coefficient (Wildman–Crippen LogP) is 3.48. The number of aryl methyl sites for hydroxylation is 2. The van der Waals surface area contributed by atoms with Gasteiger partial charge in [0.05, 0.1) is 17.7 Å². The molecule has 3 rings (SSSR count). The topological polar surface area (TPSA) is 53.8 Å². The fourth-order valence-corrected chi connectivity index (χ4v) is 4.85. The molecule has 0 spiro atoms. The first-order valence-electron chi connectivity index (χ1n) is 7.89. The summed E-state index contributed by atoms with van der Waals surface area (Å²) in [5.74, 6) is 0.899. The molecule has 1 aliphatic heterocycles. The summed E-state index contributed by atoms with van der Waals surface area (Å²) in [5.41, 5.74) is 1.46. The van der Waals surface area contributed by atoms with Crippen LogP contribution in [0.4, 0.5) is 0 Å². The second-order valence-corrected chi connectivity index (χ2v) is 8.44. The summed E-state index contributed by atoms with van der Waals surface area (Å²) >= 11 is 6.08. The number of hydrogen-bond donors (Lipinski definition) is 0. The zero-order valence-corrected chi connectivity index (χ0v) is 16.6. The van der Waals surface area contributed by atoms with E-state index in [1.807, 2.05) is 19.1 Å². The van der Waals surface area contributed by atoms with Gasteiger partial charge in [0.1, 0.15) is 5.76 Å². The van der Waals surface area contributed by atoms with Crippen LogP contribution in [0, 0.1) is 13.8 Å². The number of halogens is 2. The van der Waals surface area contributed by atoms with Gasteiger partial charge in [0.25, 0.3) is 0 Å². The van der Waals surface area contributed by atoms with E-state index >= 15 is 0 Å². The van der Waals surface area contributed by atoms with Crippen LogP contribution in [-0.4, -0.2) is 43.8 Å². The third-order valence-electron chi connectivity index (χ3n) is 4.36. The van der Waals surface area contributed by atoms with Crippen LogP contribution in [0.1, 0.15) is 16.9 Å². The highest BCUT2D eigenvalue weighted by Crippen LogP contribution is 2.27. The zero-order valence-electron chi connectivity index (χ0n) is 14.2. The average Bonchev–Trinajstić information content (AvgIpc) is 3.04. The lowest BCUT2D eigenvalue weighted by Gasteiger charge is -2.33. The maximum atomic E-state index is 12.9. The Morgan fingerprint density at radius 1 is 1.12 bits per heavy atom. The van der Waals surface area contributed by atoms with Crippen molar-refractivity contribution < 1.29 is 12.8 Å². The summed E-state index contributed by atoms with van der Waals surface area (Å²) in [7, 11) is -3.49. The minimum absolute atomic E-state index is 0. The molecule has 0 N–H and O–H groups in total. The number of piperazine rings is 1. The molecule has 1 aliphatic rings. The molecule has 138 valence electrons. The quantitative estimate of drug-likeness (QED) is 0.782. The van der Waals surface area contributed by atoms with E-state index in [9.17, 15) is 8.42 Å². The van der Waals surface area contributed by atoms with Gasteiger partial charge >= 0.3 is 0 Å². The lowest BCUT2D eigenvalue weighted by Crippen LogP contribution is -2.48. The van der Waals surface area contributed by atoms with Crippen molar-refractivity contribution in [2.75, 3.05) is 26.2 Å². The van der Waals surface area contributed by atoms with Gasteiger partial charge in [-0.2, -0.15) is 4.31 Å². The lowest BCUT2D eigenvalue weighted by molar-refractivity contribution is 0.171. The Labute approximate surface area is 160 Å². The summed E-state index contributed by atoms with van der Waals surface area (Å²) in [5, 5.41) is 0.592. The first kappa shape index (κ1) is 20.3. The first-order chi connectivity index (χ1) is 11.4. The average molecular weight is 405 g/mol. The molecule has 1 saturated heterocycles. The fourth-order valence-electron chi connectivity index (χ4n) is 2.92. The summed E-state index contributed by atoms with van der Waals surface area (Å²) in [6.45, 7) is 6.64. The molecule has 8 heteroatoms. The Morgan fingerprint density at radius 3 is 2.40 bits per heavy atom. The van der Waals surface area contributed by atoms with Crippen molar-refractivity contribution in [3.05, 3.63) is 52.4 Å². The fraction of sp³-hybridized carbons (Fsp3) is 0.412. The van der Waals surface area contributed by atoms with Gasteiger partial charge in [-0.3, -0.25) is 4.90 Å². The van der Waals surface area contributed by atoms with Gasteiger partial charge in [0.2, 0.25) is 10.0 Å². The molecule has 1 aromatic heterocycles. The minimum atomic E-state index is -3.49. The van der Waals surface area contributed by atoms with E-state index in [-0.39, 0.29) is 12.4 Å². The molecule has 0 radical (unpaired) electrons.